The van der Waals surface area contributed by atoms with Gasteiger partial charge in [0.25, 0.3) is 5.89 Å². The molecule has 3 nitrogen and oxygen atoms in total. The molecule has 1 aromatic heterocycles. The van der Waals surface area contributed by atoms with Gasteiger partial charge in [-0.2, -0.15) is 4.98 Å². The fourth-order valence-electron chi connectivity index (χ4n) is 1.93. The molecule has 0 bridgehead atoms. The van der Waals surface area contributed by atoms with Crippen LogP contribution in [0.2, 0.25) is 10.0 Å². The second kappa shape index (κ2) is 5.27. The van der Waals surface area contributed by atoms with E-state index in [0.29, 0.717) is 27.3 Å². The third-order valence-electron chi connectivity index (χ3n) is 2.97. The summed E-state index contributed by atoms with van der Waals surface area (Å²) in [5.74, 6) is 0.925. The van der Waals surface area contributed by atoms with Gasteiger partial charge < -0.3 is 4.52 Å². The van der Waals surface area contributed by atoms with Gasteiger partial charge in [0.1, 0.15) is 0 Å². The quantitative estimate of drug-likeness (QED) is 0.667. The summed E-state index contributed by atoms with van der Waals surface area (Å²) in [4.78, 5) is 4.40. The molecule has 5 heteroatoms. The van der Waals surface area contributed by atoms with Crippen molar-refractivity contribution in [2.24, 2.45) is 0 Å². The molecule has 0 unspecified atom stereocenters. The molecule has 0 radical (unpaired) electrons. The molecule has 100 valence electrons. The highest BCUT2D eigenvalue weighted by atomic mass is 35.5. The van der Waals surface area contributed by atoms with Gasteiger partial charge in [-0.3, -0.25) is 0 Å². The topological polar surface area (TPSA) is 38.9 Å². The first-order chi connectivity index (χ1) is 9.65. The number of hydrogen-bond donors (Lipinski definition) is 0. The molecule has 1 heterocycles. The summed E-state index contributed by atoms with van der Waals surface area (Å²) < 4.78 is 5.32. The Bertz CT molecular complexity index is 768. The predicted octanol–water partition coefficient (Wildman–Crippen LogP) is 5.02. The Morgan fingerprint density at radius 1 is 1.00 bits per heavy atom. The van der Waals surface area contributed by atoms with Crippen LogP contribution in [0.15, 0.2) is 47.0 Å². The zero-order valence-corrected chi connectivity index (χ0v) is 12.1. The number of aryl methyl sites for hydroxylation is 1. The lowest BCUT2D eigenvalue weighted by atomic mass is 10.1. The van der Waals surface area contributed by atoms with Crippen LogP contribution in [0.1, 0.15) is 5.56 Å². The number of nitrogens with zero attached hydrogens (tertiary/aromatic N) is 2. The summed E-state index contributed by atoms with van der Waals surface area (Å²) in [5.41, 5.74) is 2.68. The molecule has 2 aromatic carbocycles. The van der Waals surface area contributed by atoms with Gasteiger partial charge in [-0.05, 0) is 36.8 Å². The minimum atomic E-state index is 0.449. The zero-order chi connectivity index (χ0) is 14.1. The predicted molar refractivity (Wildman–Crippen MR) is 79.9 cm³/mol. The van der Waals surface area contributed by atoms with E-state index >= 15 is 0 Å². The summed E-state index contributed by atoms with van der Waals surface area (Å²) >= 11 is 12.0. The maximum absolute atomic E-state index is 6.14. The van der Waals surface area contributed by atoms with Crippen LogP contribution in [0.3, 0.4) is 0 Å². The van der Waals surface area contributed by atoms with E-state index in [1.165, 1.54) is 0 Å². The maximum Gasteiger partial charge on any atom is 0.258 e. The van der Waals surface area contributed by atoms with Gasteiger partial charge in [-0.15, -0.1) is 0 Å². The molecule has 0 fully saturated rings. The minimum absolute atomic E-state index is 0.449. The van der Waals surface area contributed by atoms with Crippen LogP contribution in [0, 0.1) is 6.92 Å². The fourth-order valence-corrected chi connectivity index (χ4v) is 2.42. The number of halogens is 2. The molecule has 0 aliphatic carbocycles. The Balaban J connectivity index is 2.04. The second-order valence-electron chi connectivity index (χ2n) is 4.36. The molecule has 0 aliphatic heterocycles. The standard InChI is InChI=1S/C15H10Cl2N2O/c1-9-4-2-3-5-11(9)15-18-14(19-20-15)12-7-6-10(16)8-13(12)17/h2-8H,1H3. The lowest BCUT2D eigenvalue weighted by molar-refractivity contribution is 0.432. The lowest BCUT2D eigenvalue weighted by Gasteiger charge is -1.99. The van der Waals surface area contributed by atoms with Gasteiger partial charge in [-0.1, -0.05) is 46.6 Å². The smallest absolute Gasteiger partial charge is 0.258 e. The molecule has 3 aromatic rings. The summed E-state index contributed by atoms with van der Waals surface area (Å²) in [7, 11) is 0. The molecule has 0 saturated carbocycles. The first-order valence-corrected chi connectivity index (χ1v) is 6.76. The molecule has 0 amide bonds. The molecule has 0 spiro atoms. The SMILES string of the molecule is Cc1ccccc1-c1nc(-c2ccc(Cl)cc2Cl)no1. The van der Waals surface area contributed by atoms with Crippen LogP contribution < -0.4 is 0 Å². The Kier molecular flexibility index (Phi) is 3.47. The van der Waals surface area contributed by atoms with Crippen LogP contribution in [-0.4, -0.2) is 10.1 Å². The molecule has 20 heavy (non-hydrogen) atoms. The second-order valence-corrected chi connectivity index (χ2v) is 5.21. The number of rotatable bonds is 2. The van der Waals surface area contributed by atoms with E-state index in [9.17, 15) is 0 Å². The van der Waals surface area contributed by atoms with Gasteiger partial charge in [0.2, 0.25) is 5.82 Å². The molecule has 3 rings (SSSR count). The van der Waals surface area contributed by atoms with Crippen molar-refractivity contribution in [2.75, 3.05) is 0 Å². The highest BCUT2D eigenvalue weighted by molar-refractivity contribution is 6.36. The summed E-state index contributed by atoms with van der Waals surface area (Å²) in [6.45, 7) is 1.99. The van der Waals surface area contributed by atoms with Crippen molar-refractivity contribution in [3.05, 3.63) is 58.1 Å². The van der Waals surface area contributed by atoms with Crippen molar-refractivity contribution in [1.29, 1.82) is 0 Å². The van der Waals surface area contributed by atoms with Crippen LogP contribution in [-0.2, 0) is 0 Å². The third-order valence-corrected chi connectivity index (χ3v) is 3.52. The van der Waals surface area contributed by atoms with Crippen molar-refractivity contribution in [1.82, 2.24) is 10.1 Å². The maximum atomic E-state index is 6.14. The monoisotopic (exact) mass is 304 g/mol. The van der Waals surface area contributed by atoms with Crippen LogP contribution in [0.4, 0.5) is 0 Å². The average molecular weight is 305 g/mol. The van der Waals surface area contributed by atoms with E-state index in [1.54, 1.807) is 18.2 Å². The molecule has 0 aliphatic rings. The van der Waals surface area contributed by atoms with E-state index in [1.807, 2.05) is 31.2 Å². The first kappa shape index (κ1) is 13.2. The average Bonchev–Trinajstić information content (AvgIpc) is 2.88. The normalized spacial score (nSPS) is 10.8. The van der Waals surface area contributed by atoms with Crippen molar-refractivity contribution in [3.63, 3.8) is 0 Å². The molecule has 0 saturated heterocycles. The summed E-state index contributed by atoms with van der Waals surface area (Å²) in [6, 6.07) is 13.0. The highest BCUT2D eigenvalue weighted by Crippen LogP contribution is 2.30. The van der Waals surface area contributed by atoms with Gasteiger partial charge in [0.05, 0.1) is 5.02 Å². The van der Waals surface area contributed by atoms with Crippen molar-refractivity contribution in [2.45, 2.75) is 6.92 Å². The Labute approximate surface area is 126 Å². The number of aromatic nitrogens is 2. The number of benzene rings is 2. The zero-order valence-electron chi connectivity index (χ0n) is 10.6. The van der Waals surface area contributed by atoms with Crippen molar-refractivity contribution < 1.29 is 4.52 Å². The largest absolute Gasteiger partial charge is 0.334 e. The van der Waals surface area contributed by atoms with Gasteiger partial charge in [-0.25, -0.2) is 0 Å². The van der Waals surface area contributed by atoms with Gasteiger partial charge in [0, 0.05) is 16.1 Å². The Morgan fingerprint density at radius 2 is 1.80 bits per heavy atom. The Hall–Kier alpha value is -1.84. The summed E-state index contributed by atoms with van der Waals surface area (Å²) in [5, 5.41) is 5.05. The highest BCUT2D eigenvalue weighted by Gasteiger charge is 2.14. The van der Waals surface area contributed by atoms with E-state index in [4.69, 9.17) is 27.7 Å². The molecule has 0 atom stereocenters. The molecular weight excluding hydrogens is 295 g/mol. The molecular formula is C15H10Cl2N2O. The van der Waals surface area contributed by atoms with Crippen LogP contribution in [0.5, 0.6) is 0 Å². The Morgan fingerprint density at radius 3 is 2.55 bits per heavy atom. The van der Waals surface area contributed by atoms with Crippen LogP contribution in [0.25, 0.3) is 22.8 Å². The fraction of sp³-hybridized carbons (Fsp3) is 0.0667. The summed E-state index contributed by atoms with van der Waals surface area (Å²) in [6.07, 6.45) is 0. The van der Waals surface area contributed by atoms with E-state index in [0.717, 1.165) is 11.1 Å². The van der Waals surface area contributed by atoms with Crippen LogP contribution >= 0.6 is 23.2 Å². The minimum Gasteiger partial charge on any atom is -0.334 e. The third kappa shape index (κ3) is 2.42. The van der Waals surface area contributed by atoms with E-state index in [2.05, 4.69) is 10.1 Å². The van der Waals surface area contributed by atoms with Gasteiger partial charge >= 0.3 is 0 Å². The lowest BCUT2D eigenvalue weighted by Crippen LogP contribution is -1.84. The van der Waals surface area contributed by atoms with E-state index in [-0.39, 0.29) is 0 Å². The van der Waals surface area contributed by atoms with E-state index < -0.39 is 0 Å². The van der Waals surface area contributed by atoms with Crippen molar-refractivity contribution in [3.8, 4) is 22.8 Å². The first-order valence-electron chi connectivity index (χ1n) is 6.00. The number of hydrogen-bond acceptors (Lipinski definition) is 3. The van der Waals surface area contributed by atoms with Crippen molar-refractivity contribution >= 4 is 23.2 Å². The van der Waals surface area contributed by atoms with Gasteiger partial charge in [0.15, 0.2) is 0 Å². The molecule has 0 N–H and O–H groups in total.